The van der Waals surface area contributed by atoms with E-state index in [-0.39, 0.29) is 21.7 Å². The fourth-order valence-corrected chi connectivity index (χ4v) is 6.13. The Hall–Kier alpha value is -2.91. The lowest BCUT2D eigenvalue weighted by Gasteiger charge is -2.26. The SMILES string of the molecule is O=C(NCCN1CCCCC1)c1ccccc1S(=O)(=O)Nc1ccc2c(c1C(=O)O)CCCC2. The van der Waals surface area contributed by atoms with Gasteiger partial charge in [0.15, 0.2) is 0 Å². The number of carbonyl (C=O) groups excluding carboxylic acids is 1. The molecule has 0 radical (unpaired) electrons. The third kappa shape index (κ3) is 5.42. The predicted octanol–water partition coefficient (Wildman–Crippen LogP) is 3.28. The third-order valence-electron chi connectivity index (χ3n) is 6.57. The van der Waals surface area contributed by atoms with Gasteiger partial charge in [0.2, 0.25) is 0 Å². The molecular formula is C25H31N3O5S. The van der Waals surface area contributed by atoms with Crippen molar-refractivity contribution in [2.45, 2.75) is 49.8 Å². The van der Waals surface area contributed by atoms with Crippen molar-refractivity contribution >= 4 is 27.6 Å². The van der Waals surface area contributed by atoms with E-state index in [1.165, 1.54) is 24.6 Å². The molecule has 1 amide bonds. The van der Waals surface area contributed by atoms with E-state index in [0.29, 0.717) is 18.5 Å². The van der Waals surface area contributed by atoms with Crippen molar-refractivity contribution < 1.29 is 23.1 Å². The smallest absolute Gasteiger partial charge is 0.338 e. The lowest BCUT2D eigenvalue weighted by molar-refractivity contribution is 0.0696. The second kappa shape index (κ2) is 10.6. The number of aromatic carboxylic acids is 1. The fourth-order valence-electron chi connectivity index (χ4n) is 4.85. The maximum atomic E-state index is 13.3. The second-order valence-corrected chi connectivity index (χ2v) is 10.5. The molecule has 4 rings (SSSR count). The molecule has 0 unspecified atom stereocenters. The van der Waals surface area contributed by atoms with E-state index in [2.05, 4.69) is 14.9 Å². The molecule has 1 fully saturated rings. The topological polar surface area (TPSA) is 116 Å². The summed E-state index contributed by atoms with van der Waals surface area (Å²) in [7, 11) is -4.20. The van der Waals surface area contributed by atoms with Crippen molar-refractivity contribution in [2.75, 3.05) is 30.9 Å². The molecule has 1 aliphatic carbocycles. The van der Waals surface area contributed by atoms with Crippen LogP contribution in [0.1, 0.15) is 63.9 Å². The molecule has 9 heteroatoms. The summed E-state index contributed by atoms with van der Waals surface area (Å²) >= 11 is 0. The monoisotopic (exact) mass is 485 g/mol. The number of aryl methyl sites for hydroxylation is 1. The van der Waals surface area contributed by atoms with Crippen LogP contribution in [0, 0.1) is 0 Å². The van der Waals surface area contributed by atoms with Crippen molar-refractivity contribution in [3.63, 3.8) is 0 Å². The Morgan fingerprint density at radius 3 is 2.44 bits per heavy atom. The Balaban J connectivity index is 1.54. The number of piperidine rings is 1. The number of carboxylic acid groups (broad SMARTS) is 1. The number of benzene rings is 2. The fraction of sp³-hybridized carbons (Fsp3) is 0.440. The molecule has 1 heterocycles. The van der Waals surface area contributed by atoms with Crippen molar-refractivity contribution in [3.8, 4) is 0 Å². The molecule has 0 saturated carbocycles. The van der Waals surface area contributed by atoms with Gasteiger partial charge in [0.05, 0.1) is 16.8 Å². The summed E-state index contributed by atoms with van der Waals surface area (Å²) in [6, 6.07) is 9.28. The number of nitrogens with one attached hydrogen (secondary N) is 2. The minimum absolute atomic E-state index is 0.00996. The van der Waals surface area contributed by atoms with E-state index < -0.39 is 21.9 Å². The van der Waals surface area contributed by atoms with E-state index in [0.717, 1.165) is 57.3 Å². The molecule has 2 aromatic rings. The van der Waals surface area contributed by atoms with Crippen LogP contribution < -0.4 is 10.0 Å². The van der Waals surface area contributed by atoms with Gasteiger partial charge in [-0.2, -0.15) is 0 Å². The zero-order valence-corrected chi connectivity index (χ0v) is 20.0. The van der Waals surface area contributed by atoms with Gasteiger partial charge in [-0.3, -0.25) is 9.52 Å². The summed E-state index contributed by atoms with van der Waals surface area (Å²) in [6.07, 6.45) is 6.77. The van der Waals surface area contributed by atoms with Crippen LogP contribution in [0.25, 0.3) is 0 Å². The zero-order chi connectivity index (χ0) is 24.1. The maximum absolute atomic E-state index is 13.3. The average Bonchev–Trinajstić information content (AvgIpc) is 2.84. The van der Waals surface area contributed by atoms with E-state index in [9.17, 15) is 23.1 Å². The molecule has 182 valence electrons. The Morgan fingerprint density at radius 2 is 1.68 bits per heavy atom. The molecule has 1 saturated heterocycles. The molecule has 2 aliphatic rings. The predicted molar refractivity (Wildman–Crippen MR) is 130 cm³/mol. The quantitative estimate of drug-likeness (QED) is 0.529. The van der Waals surface area contributed by atoms with E-state index >= 15 is 0 Å². The van der Waals surface area contributed by atoms with Crippen LogP contribution >= 0.6 is 0 Å². The Kier molecular flexibility index (Phi) is 7.53. The van der Waals surface area contributed by atoms with Gasteiger partial charge in [0.25, 0.3) is 15.9 Å². The summed E-state index contributed by atoms with van der Waals surface area (Å²) in [4.78, 5) is 27.0. The van der Waals surface area contributed by atoms with Crippen LogP contribution in [0.5, 0.6) is 0 Å². The number of carboxylic acids is 1. The van der Waals surface area contributed by atoms with Crippen molar-refractivity contribution in [1.82, 2.24) is 10.2 Å². The molecule has 8 nitrogen and oxygen atoms in total. The molecular weight excluding hydrogens is 454 g/mol. The highest BCUT2D eigenvalue weighted by molar-refractivity contribution is 7.92. The van der Waals surface area contributed by atoms with Crippen molar-refractivity contribution in [3.05, 3.63) is 58.7 Å². The number of likely N-dealkylation sites (tertiary alicyclic amines) is 1. The van der Waals surface area contributed by atoms with Crippen LogP contribution in [0.3, 0.4) is 0 Å². The molecule has 0 aromatic heterocycles. The molecule has 1 aliphatic heterocycles. The number of amides is 1. The summed E-state index contributed by atoms with van der Waals surface area (Å²) in [5, 5.41) is 12.7. The molecule has 3 N–H and O–H groups in total. The summed E-state index contributed by atoms with van der Waals surface area (Å²) in [5.74, 6) is -1.64. The maximum Gasteiger partial charge on any atom is 0.338 e. The molecule has 0 bridgehead atoms. The minimum Gasteiger partial charge on any atom is -0.478 e. The minimum atomic E-state index is -4.20. The van der Waals surface area contributed by atoms with Crippen LogP contribution in [-0.4, -0.2) is 56.5 Å². The van der Waals surface area contributed by atoms with Crippen molar-refractivity contribution in [1.29, 1.82) is 0 Å². The first-order valence-electron chi connectivity index (χ1n) is 11.9. The summed E-state index contributed by atoms with van der Waals surface area (Å²) < 4.78 is 29.0. The number of rotatable bonds is 8. The summed E-state index contributed by atoms with van der Waals surface area (Å²) in [5.41, 5.74) is 1.67. The van der Waals surface area contributed by atoms with E-state index in [4.69, 9.17) is 0 Å². The number of nitrogens with zero attached hydrogens (tertiary/aromatic N) is 1. The molecule has 34 heavy (non-hydrogen) atoms. The lowest BCUT2D eigenvalue weighted by atomic mass is 9.87. The Labute approximate surface area is 200 Å². The van der Waals surface area contributed by atoms with E-state index in [1.807, 2.05) is 0 Å². The number of hydrogen-bond acceptors (Lipinski definition) is 5. The Morgan fingerprint density at radius 1 is 0.941 bits per heavy atom. The van der Waals surface area contributed by atoms with Gasteiger partial charge in [-0.1, -0.05) is 24.6 Å². The van der Waals surface area contributed by atoms with Gasteiger partial charge in [-0.15, -0.1) is 0 Å². The number of carbonyl (C=O) groups is 2. The number of sulfonamides is 1. The van der Waals surface area contributed by atoms with Gasteiger partial charge in [0, 0.05) is 13.1 Å². The van der Waals surface area contributed by atoms with E-state index in [1.54, 1.807) is 18.2 Å². The van der Waals surface area contributed by atoms with Gasteiger partial charge < -0.3 is 15.3 Å². The van der Waals surface area contributed by atoms with Crippen LogP contribution in [0.2, 0.25) is 0 Å². The summed E-state index contributed by atoms with van der Waals surface area (Å²) in [6.45, 7) is 3.17. The normalized spacial score (nSPS) is 16.5. The van der Waals surface area contributed by atoms with Crippen LogP contribution in [0.15, 0.2) is 41.3 Å². The van der Waals surface area contributed by atoms with Gasteiger partial charge >= 0.3 is 5.97 Å². The number of anilines is 1. The molecule has 0 spiro atoms. The first kappa shape index (κ1) is 24.2. The third-order valence-corrected chi connectivity index (χ3v) is 8.00. The van der Waals surface area contributed by atoms with Gasteiger partial charge in [-0.25, -0.2) is 13.2 Å². The number of fused-ring (bicyclic) bond motifs is 1. The highest BCUT2D eigenvalue weighted by atomic mass is 32.2. The largest absolute Gasteiger partial charge is 0.478 e. The van der Waals surface area contributed by atoms with Gasteiger partial charge in [-0.05, 0) is 80.9 Å². The first-order valence-corrected chi connectivity index (χ1v) is 13.4. The molecule has 0 atom stereocenters. The molecule has 2 aromatic carbocycles. The standard InChI is InChI=1S/C25H31N3O5S/c29-24(26-14-17-28-15-6-1-7-16-28)20-10-4-5-11-22(20)34(32,33)27-21-13-12-18-8-2-3-9-19(18)23(21)25(30)31/h4-5,10-13,27H,1-3,6-9,14-17H2,(H,26,29)(H,30,31). The second-order valence-electron chi connectivity index (χ2n) is 8.90. The van der Waals surface area contributed by atoms with Crippen molar-refractivity contribution in [2.24, 2.45) is 0 Å². The first-order chi connectivity index (χ1) is 16.4. The lowest BCUT2D eigenvalue weighted by Crippen LogP contribution is -2.38. The highest BCUT2D eigenvalue weighted by Gasteiger charge is 2.27. The Bertz CT molecular complexity index is 1170. The van der Waals surface area contributed by atoms with Crippen LogP contribution in [-0.2, 0) is 22.9 Å². The van der Waals surface area contributed by atoms with Gasteiger partial charge in [0.1, 0.15) is 4.90 Å². The van der Waals surface area contributed by atoms with Crippen LogP contribution in [0.4, 0.5) is 5.69 Å². The highest BCUT2D eigenvalue weighted by Crippen LogP contribution is 2.31. The number of hydrogen-bond donors (Lipinski definition) is 3. The zero-order valence-electron chi connectivity index (χ0n) is 19.2. The average molecular weight is 486 g/mol.